The molecular formula is C12H16F3NO3S. The van der Waals surface area contributed by atoms with Crippen LogP contribution < -0.4 is 4.72 Å². The van der Waals surface area contributed by atoms with Crippen LogP contribution in [0.2, 0.25) is 0 Å². The number of sulfonamides is 1. The van der Waals surface area contributed by atoms with E-state index >= 15 is 0 Å². The molecule has 0 bridgehead atoms. The maximum atomic E-state index is 12.8. The zero-order valence-electron chi connectivity index (χ0n) is 11.0. The van der Waals surface area contributed by atoms with Crippen LogP contribution in [0.15, 0.2) is 23.1 Å². The van der Waals surface area contributed by atoms with E-state index in [9.17, 15) is 21.6 Å². The molecule has 0 aliphatic carbocycles. The molecule has 0 aliphatic heterocycles. The van der Waals surface area contributed by atoms with Crippen LogP contribution in [0.25, 0.3) is 0 Å². The molecule has 0 saturated heterocycles. The average molecular weight is 311 g/mol. The number of hydrogen-bond donors (Lipinski definition) is 2. The van der Waals surface area contributed by atoms with Gasteiger partial charge in [-0.15, -0.1) is 0 Å². The van der Waals surface area contributed by atoms with Crippen molar-refractivity contribution in [2.45, 2.75) is 37.4 Å². The first-order valence-corrected chi connectivity index (χ1v) is 7.41. The number of hydrogen-bond acceptors (Lipinski definition) is 3. The highest BCUT2D eigenvalue weighted by atomic mass is 32.2. The van der Waals surface area contributed by atoms with Crippen LogP contribution in [-0.4, -0.2) is 26.2 Å². The van der Waals surface area contributed by atoms with Crippen molar-refractivity contribution in [3.63, 3.8) is 0 Å². The molecule has 2 N–H and O–H groups in total. The second kappa shape index (κ2) is 6.11. The Morgan fingerprint density at radius 1 is 1.35 bits per heavy atom. The highest BCUT2D eigenvalue weighted by Gasteiger charge is 2.34. The summed E-state index contributed by atoms with van der Waals surface area (Å²) in [6.07, 6.45) is -4.29. The summed E-state index contributed by atoms with van der Waals surface area (Å²) >= 11 is 0. The largest absolute Gasteiger partial charge is 0.416 e. The third-order valence-corrected chi connectivity index (χ3v) is 4.58. The minimum absolute atomic E-state index is 0.327. The van der Waals surface area contributed by atoms with Crippen LogP contribution in [0.5, 0.6) is 0 Å². The Morgan fingerprint density at radius 2 is 1.95 bits per heavy atom. The summed E-state index contributed by atoms with van der Waals surface area (Å²) < 4.78 is 64.6. The fourth-order valence-corrected chi connectivity index (χ4v) is 3.32. The molecule has 114 valence electrons. The lowest BCUT2D eigenvalue weighted by atomic mass is 10.1. The molecule has 1 atom stereocenters. The molecular weight excluding hydrogens is 295 g/mol. The normalized spacial score (nSPS) is 14.3. The van der Waals surface area contributed by atoms with Gasteiger partial charge in [-0.25, -0.2) is 13.1 Å². The van der Waals surface area contributed by atoms with Gasteiger partial charge in [0.05, 0.1) is 17.1 Å². The topological polar surface area (TPSA) is 66.4 Å². The molecule has 0 saturated carbocycles. The molecule has 0 fully saturated rings. The molecule has 0 unspecified atom stereocenters. The molecule has 0 spiro atoms. The first-order valence-electron chi connectivity index (χ1n) is 5.93. The first kappa shape index (κ1) is 16.9. The van der Waals surface area contributed by atoms with Gasteiger partial charge in [0.1, 0.15) is 0 Å². The second-order valence-corrected chi connectivity index (χ2v) is 6.02. The Balaban J connectivity index is 3.27. The number of nitrogens with one attached hydrogen (secondary N) is 1. The molecule has 1 aromatic carbocycles. The monoisotopic (exact) mass is 311 g/mol. The Hall–Kier alpha value is -1.12. The quantitative estimate of drug-likeness (QED) is 0.875. The SMILES string of the molecule is CC[C@H](CO)NS(=O)(=O)c1cccc(C(F)(F)F)c1C. The zero-order valence-corrected chi connectivity index (χ0v) is 11.8. The van der Waals surface area contributed by atoms with Gasteiger partial charge in [0.25, 0.3) is 0 Å². The summed E-state index contributed by atoms with van der Waals surface area (Å²) in [5, 5.41) is 8.98. The van der Waals surface area contributed by atoms with E-state index in [1.807, 2.05) is 0 Å². The molecule has 0 aromatic heterocycles. The van der Waals surface area contributed by atoms with E-state index in [0.717, 1.165) is 25.1 Å². The van der Waals surface area contributed by atoms with E-state index < -0.39 is 39.3 Å². The van der Waals surface area contributed by atoms with Crippen molar-refractivity contribution in [2.24, 2.45) is 0 Å². The fraction of sp³-hybridized carbons (Fsp3) is 0.500. The van der Waals surface area contributed by atoms with Gasteiger partial charge in [-0.2, -0.15) is 13.2 Å². The standard InChI is InChI=1S/C12H16F3NO3S/c1-3-9(7-17)16-20(18,19)11-6-4-5-10(8(11)2)12(13,14)15/h4-6,9,16-17H,3,7H2,1-2H3/t9-/m1/s1. The number of benzene rings is 1. The van der Waals surface area contributed by atoms with Gasteiger partial charge in [0, 0.05) is 6.04 Å². The van der Waals surface area contributed by atoms with Gasteiger partial charge in [-0.3, -0.25) is 0 Å². The maximum Gasteiger partial charge on any atom is 0.416 e. The molecule has 1 aromatic rings. The van der Waals surface area contributed by atoms with E-state index in [4.69, 9.17) is 5.11 Å². The first-order chi connectivity index (χ1) is 9.13. The average Bonchev–Trinajstić information content (AvgIpc) is 2.34. The molecule has 1 rings (SSSR count). The van der Waals surface area contributed by atoms with Gasteiger partial charge < -0.3 is 5.11 Å². The summed E-state index contributed by atoms with van der Waals surface area (Å²) in [6.45, 7) is 2.34. The van der Waals surface area contributed by atoms with Crippen LogP contribution in [0.3, 0.4) is 0 Å². The van der Waals surface area contributed by atoms with E-state index in [1.54, 1.807) is 6.92 Å². The molecule has 8 heteroatoms. The van der Waals surface area contributed by atoms with Crippen LogP contribution in [0, 0.1) is 6.92 Å². The minimum Gasteiger partial charge on any atom is -0.395 e. The predicted molar refractivity (Wildman–Crippen MR) is 67.7 cm³/mol. The van der Waals surface area contributed by atoms with Gasteiger partial charge in [0.15, 0.2) is 0 Å². The number of alkyl halides is 3. The highest BCUT2D eigenvalue weighted by Crippen LogP contribution is 2.34. The Kier molecular flexibility index (Phi) is 5.17. The second-order valence-electron chi connectivity index (χ2n) is 4.34. The zero-order chi connectivity index (χ0) is 15.6. The van der Waals surface area contributed by atoms with E-state index in [2.05, 4.69) is 4.72 Å². The third kappa shape index (κ3) is 3.71. The summed E-state index contributed by atoms with van der Waals surface area (Å²) in [5.41, 5.74) is -1.35. The van der Waals surface area contributed by atoms with Crippen LogP contribution >= 0.6 is 0 Å². The van der Waals surface area contributed by atoms with Gasteiger partial charge in [-0.1, -0.05) is 13.0 Å². The summed E-state index contributed by atoms with van der Waals surface area (Å²) in [7, 11) is -4.11. The van der Waals surface area contributed by atoms with Crippen molar-refractivity contribution in [3.8, 4) is 0 Å². The molecule has 0 amide bonds. The Morgan fingerprint density at radius 3 is 2.40 bits per heavy atom. The smallest absolute Gasteiger partial charge is 0.395 e. The summed E-state index contributed by atoms with van der Waals surface area (Å²) in [4.78, 5) is -0.431. The summed E-state index contributed by atoms with van der Waals surface area (Å²) in [6, 6.07) is 2.26. The number of halogens is 3. The predicted octanol–water partition coefficient (Wildman–Crippen LogP) is 2.06. The molecule has 0 radical (unpaired) electrons. The molecule has 0 aliphatic rings. The number of rotatable bonds is 5. The van der Waals surface area contributed by atoms with Crippen LogP contribution in [-0.2, 0) is 16.2 Å². The Bertz CT molecular complexity index is 566. The molecule has 4 nitrogen and oxygen atoms in total. The lowest BCUT2D eigenvalue weighted by molar-refractivity contribution is -0.138. The van der Waals surface area contributed by atoms with Crippen molar-refractivity contribution >= 4 is 10.0 Å². The molecule has 20 heavy (non-hydrogen) atoms. The van der Waals surface area contributed by atoms with E-state index in [-0.39, 0.29) is 5.56 Å². The van der Waals surface area contributed by atoms with Crippen molar-refractivity contribution in [3.05, 3.63) is 29.3 Å². The van der Waals surface area contributed by atoms with Crippen LogP contribution in [0.1, 0.15) is 24.5 Å². The summed E-state index contributed by atoms with van der Waals surface area (Å²) in [5.74, 6) is 0. The van der Waals surface area contributed by atoms with Crippen molar-refractivity contribution < 1.29 is 26.7 Å². The van der Waals surface area contributed by atoms with E-state index in [0.29, 0.717) is 6.42 Å². The fourth-order valence-electron chi connectivity index (χ4n) is 1.75. The van der Waals surface area contributed by atoms with Crippen molar-refractivity contribution in [1.82, 2.24) is 4.72 Å². The third-order valence-electron chi connectivity index (χ3n) is 2.91. The van der Waals surface area contributed by atoms with Crippen molar-refractivity contribution in [1.29, 1.82) is 0 Å². The molecule has 0 heterocycles. The highest BCUT2D eigenvalue weighted by molar-refractivity contribution is 7.89. The van der Waals surface area contributed by atoms with Crippen molar-refractivity contribution in [2.75, 3.05) is 6.61 Å². The van der Waals surface area contributed by atoms with Crippen LogP contribution in [0.4, 0.5) is 13.2 Å². The van der Waals surface area contributed by atoms with Gasteiger partial charge in [-0.05, 0) is 31.0 Å². The van der Waals surface area contributed by atoms with Gasteiger partial charge >= 0.3 is 6.18 Å². The van der Waals surface area contributed by atoms with E-state index in [1.165, 1.54) is 0 Å². The lowest BCUT2D eigenvalue weighted by Crippen LogP contribution is -2.37. The van der Waals surface area contributed by atoms with Gasteiger partial charge in [0.2, 0.25) is 10.0 Å². The number of aliphatic hydroxyl groups is 1. The Labute approximate surface area is 115 Å². The maximum absolute atomic E-state index is 12.8. The lowest BCUT2D eigenvalue weighted by Gasteiger charge is -2.17. The number of aliphatic hydroxyl groups excluding tert-OH is 1. The minimum atomic E-state index is -4.61.